The molecule has 180 valence electrons. The number of aromatic nitrogens is 2. The van der Waals surface area contributed by atoms with Gasteiger partial charge in [-0.2, -0.15) is 5.10 Å². The number of methoxy groups -OCH3 is 1. The van der Waals surface area contributed by atoms with Crippen molar-refractivity contribution in [2.24, 2.45) is 0 Å². The van der Waals surface area contributed by atoms with E-state index in [0.29, 0.717) is 12.1 Å². The molecular weight excluding hydrogens is 456 g/mol. The van der Waals surface area contributed by atoms with E-state index >= 15 is 0 Å². The Morgan fingerprint density at radius 1 is 1.03 bits per heavy atom. The van der Waals surface area contributed by atoms with Gasteiger partial charge >= 0.3 is 0 Å². The summed E-state index contributed by atoms with van der Waals surface area (Å²) < 4.78 is 7.37. The molecule has 2 aromatic carbocycles. The van der Waals surface area contributed by atoms with Crippen molar-refractivity contribution in [1.82, 2.24) is 20.0 Å². The lowest BCUT2D eigenvalue weighted by atomic mass is 10.0. The molecule has 6 nitrogen and oxygen atoms in total. The van der Waals surface area contributed by atoms with E-state index in [1.165, 1.54) is 5.56 Å². The monoisotopic (exact) mass is 486 g/mol. The average molecular weight is 487 g/mol. The van der Waals surface area contributed by atoms with E-state index in [-0.39, 0.29) is 11.9 Å². The molecule has 0 spiro atoms. The minimum Gasteiger partial charge on any atom is -0.496 e. The predicted molar refractivity (Wildman–Crippen MR) is 140 cm³/mol. The number of piperidine rings is 1. The zero-order valence-electron chi connectivity index (χ0n) is 19.9. The first-order valence-corrected chi connectivity index (χ1v) is 12.9. The zero-order chi connectivity index (χ0) is 24.0. The molecule has 0 radical (unpaired) electrons. The lowest BCUT2D eigenvalue weighted by Crippen LogP contribution is -2.44. The molecule has 35 heavy (non-hydrogen) atoms. The SMILES string of the molecule is COc1ccccc1CN1CCC(NC(=O)c2cn(Cc3ccccc3)nc2-c2cccs2)CC1. The third kappa shape index (κ3) is 5.63. The second-order valence-electron chi connectivity index (χ2n) is 8.89. The van der Waals surface area contributed by atoms with Crippen LogP contribution >= 0.6 is 11.3 Å². The number of carbonyl (C=O) groups excluding carboxylic acids is 1. The maximum Gasteiger partial charge on any atom is 0.255 e. The number of thiophene rings is 1. The van der Waals surface area contributed by atoms with E-state index in [2.05, 4.69) is 28.4 Å². The van der Waals surface area contributed by atoms with E-state index in [9.17, 15) is 4.79 Å². The number of nitrogens with one attached hydrogen (secondary N) is 1. The molecule has 0 unspecified atom stereocenters. The summed E-state index contributed by atoms with van der Waals surface area (Å²) in [6.45, 7) is 3.37. The van der Waals surface area contributed by atoms with E-state index < -0.39 is 0 Å². The summed E-state index contributed by atoms with van der Waals surface area (Å²) >= 11 is 1.60. The highest BCUT2D eigenvalue weighted by Gasteiger charge is 2.25. The van der Waals surface area contributed by atoms with Crippen LogP contribution < -0.4 is 10.1 Å². The Kier molecular flexibility index (Phi) is 7.25. The van der Waals surface area contributed by atoms with Gasteiger partial charge in [0.2, 0.25) is 0 Å². The Hall–Kier alpha value is -3.42. The molecule has 1 amide bonds. The van der Waals surface area contributed by atoms with Gasteiger partial charge in [-0.1, -0.05) is 54.6 Å². The van der Waals surface area contributed by atoms with Crippen LogP contribution in [-0.2, 0) is 13.1 Å². The maximum absolute atomic E-state index is 13.4. The van der Waals surface area contributed by atoms with Crippen molar-refractivity contribution in [2.45, 2.75) is 32.0 Å². The Bertz CT molecular complexity index is 1250. The first-order chi connectivity index (χ1) is 17.2. The zero-order valence-corrected chi connectivity index (χ0v) is 20.7. The fourth-order valence-electron chi connectivity index (χ4n) is 4.61. The number of carbonyl (C=O) groups is 1. The van der Waals surface area contributed by atoms with Crippen molar-refractivity contribution < 1.29 is 9.53 Å². The van der Waals surface area contributed by atoms with Crippen molar-refractivity contribution in [1.29, 1.82) is 0 Å². The molecule has 0 bridgehead atoms. The number of likely N-dealkylation sites (tertiary alicyclic amines) is 1. The van der Waals surface area contributed by atoms with E-state index in [1.807, 2.05) is 64.8 Å². The van der Waals surface area contributed by atoms with Crippen molar-refractivity contribution in [2.75, 3.05) is 20.2 Å². The number of para-hydroxylation sites is 1. The maximum atomic E-state index is 13.4. The van der Waals surface area contributed by atoms with Crippen LogP contribution in [0.4, 0.5) is 0 Å². The summed E-state index contributed by atoms with van der Waals surface area (Å²) in [6, 6.07) is 22.5. The Morgan fingerprint density at radius 2 is 1.80 bits per heavy atom. The summed E-state index contributed by atoms with van der Waals surface area (Å²) in [4.78, 5) is 16.8. The minimum atomic E-state index is -0.0455. The van der Waals surface area contributed by atoms with E-state index in [4.69, 9.17) is 9.84 Å². The predicted octanol–water partition coefficient (Wildman–Crippen LogP) is 5.06. The molecule has 1 fully saturated rings. The fourth-order valence-corrected chi connectivity index (χ4v) is 5.33. The molecule has 1 aliphatic rings. The van der Waals surface area contributed by atoms with Crippen LogP contribution in [0.3, 0.4) is 0 Å². The Labute approximate surface area is 210 Å². The second-order valence-corrected chi connectivity index (χ2v) is 9.84. The molecular formula is C28H30N4O2S. The highest BCUT2D eigenvalue weighted by molar-refractivity contribution is 7.13. The first kappa shape index (κ1) is 23.3. The van der Waals surface area contributed by atoms with Crippen LogP contribution in [-0.4, -0.2) is 46.8 Å². The lowest BCUT2D eigenvalue weighted by Gasteiger charge is -2.32. The van der Waals surface area contributed by atoms with Gasteiger partial charge < -0.3 is 10.1 Å². The molecule has 1 saturated heterocycles. The third-order valence-electron chi connectivity index (χ3n) is 6.46. The minimum absolute atomic E-state index is 0.0455. The fraction of sp³-hybridized carbons (Fsp3) is 0.286. The molecule has 0 aliphatic carbocycles. The third-order valence-corrected chi connectivity index (χ3v) is 7.33. The molecule has 7 heteroatoms. The van der Waals surface area contributed by atoms with Crippen LogP contribution in [0, 0.1) is 0 Å². The number of amides is 1. The van der Waals surface area contributed by atoms with E-state index in [0.717, 1.165) is 54.4 Å². The second kappa shape index (κ2) is 10.9. The van der Waals surface area contributed by atoms with Gasteiger partial charge in [0.05, 0.1) is 24.1 Å². The lowest BCUT2D eigenvalue weighted by molar-refractivity contribution is 0.0909. The number of rotatable bonds is 8. The smallest absolute Gasteiger partial charge is 0.255 e. The molecule has 1 aliphatic heterocycles. The van der Waals surface area contributed by atoms with E-state index in [1.54, 1.807) is 18.4 Å². The molecule has 5 rings (SSSR count). The molecule has 3 heterocycles. The molecule has 1 N–H and O–H groups in total. The van der Waals surface area contributed by atoms with Crippen molar-refractivity contribution in [3.8, 4) is 16.3 Å². The molecule has 0 atom stereocenters. The summed E-state index contributed by atoms with van der Waals surface area (Å²) in [7, 11) is 1.72. The standard InChI is InChI=1S/C28H30N4O2S/c1-34-25-11-6-5-10-22(25)19-31-15-13-23(14-16-31)29-28(33)24-20-32(18-21-8-3-2-4-9-21)30-27(24)26-12-7-17-35-26/h2-12,17,20,23H,13-16,18-19H2,1H3,(H,29,33). The molecule has 4 aromatic rings. The van der Waals surface area contributed by atoms with Crippen molar-refractivity contribution in [3.63, 3.8) is 0 Å². The summed E-state index contributed by atoms with van der Waals surface area (Å²) in [5.74, 6) is 0.882. The van der Waals surface area contributed by atoms with Gasteiger partial charge in [0, 0.05) is 37.4 Å². The average Bonchev–Trinajstić information content (AvgIpc) is 3.56. The summed E-state index contributed by atoms with van der Waals surface area (Å²) in [6.07, 6.45) is 3.73. The number of benzene rings is 2. The summed E-state index contributed by atoms with van der Waals surface area (Å²) in [5, 5.41) is 10.1. The Balaban J connectivity index is 1.24. The molecule has 0 saturated carbocycles. The summed E-state index contributed by atoms with van der Waals surface area (Å²) in [5.41, 5.74) is 3.74. The number of nitrogens with zero attached hydrogens (tertiary/aromatic N) is 3. The Morgan fingerprint density at radius 3 is 2.54 bits per heavy atom. The first-order valence-electron chi connectivity index (χ1n) is 12.0. The van der Waals surface area contributed by atoms with Gasteiger partial charge in [-0.3, -0.25) is 14.4 Å². The highest BCUT2D eigenvalue weighted by atomic mass is 32.1. The van der Waals surface area contributed by atoms with Crippen LogP contribution in [0.5, 0.6) is 5.75 Å². The number of hydrogen-bond donors (Lipinski definition) is 1. The van der Waals surface area contributed by atoms with Gasteiger partial charge in [0.1, 0.15) is 11.4 Å². The van der Waals surface area contributed by atoms with Gasteiger partial charge in [-0.15, -0.1) is 11.3 Å². The largest absolute Gasteiger partial charge is 0.496 e. The van der Waals surface area contributed by atoms with Crippen LogP contribution in [0.1, 0.15) is 34.3 Å². The van der Waals surface area contributed by atoms with Gasteiger partial charge in [-0.05, 0) is 35.9 Å². The normalized spacial score (nSPS) is 14.7. The van der Waals surface area contributed by atoms with Crippen LogP contribution in [0.25, 0.3) is 10.6 Å². The quantitative estimate of drug-likeness (QED) is 0.378. The highest BCUT2D eigenvalue weighted by Crippen LogP contribution is 2.28. The molecule has 2 aromatic heterocycles. The van der Waals surface area contributed by atoms with Crippen molar-refractivity contribution >= 4 is 17.2 Å². The topological polar surface area (TPSA) is 59.4 Å². The van der Waals surface area contributed by atoms with Crippen LogP contribution in [0.2, 0.25) is 0 Å². The number of ether oxygens (including phenoxy) is 1. The van der Waals surface area contributed by atoms with Gasteiger partial charge in [0.15, 0.2) is 0 Å². The van der Waals surface area contributed by atoms with Gasteiger partial charge in [-0.25, -0.2) is 0 Å². The van der Waals surface area contributed by atoms with Crippen molar-refractivity contribution in [3.05, 3.63) is 95.0 Å². The number of hydrogen-bond acceptors (Lipinski definition) is 5. The van der Waals surface area contributed by atoms with Gasteiger partial charge in [0.25, 0.3) is 5.91 Å². The van der Waals surface area contributed by atoms with Crippen LogP contribution in [0.15, 0.2) is 78.3 Å².